The van der Waals surface area contributed by atoms with Gasteiger partial charge >= 0.3 is 12.0 Å². The average Bonchev–Trinajstić information content (AvgIpc) is 2.74. The van der Waals surface area contributed by atoms with Crippen LogP contribution in [0.25, 0.3) is 11.0 Å². The molecule has 2 aromatic rings. The van der Waals surface area contributed by atoms with Crippen molar-refractivity contribution in [2.45, 2.75) is 38.8 Å². The number of aromatic nitrogens is 2. The van der Waals surface area contributed by atoms with Gasteiger partial charge in [0.25, 0.3) is 5.56 Å². The summed E-state index contributed by atoms with van der Waals surface area (Å²) in [7, 11) is 3.05. The number of para-hydroxylation sites is 2. The number of nitrogens with one attached hydrogen (secondary N) is 2. The van der Waals surface area contributed by atoms with Crippen LogP contribution >= 0.6 is 0 Å². The maximum Gasteiger partial charge on any atom is 0.328 e. The van der Waals surface area contributed by atoms with Crippen LogP contribution in [-0.2, 0) is 16.6 Å². The average molecular weight is 415 g/mol. The Balaban J connectivity index is 1.62. The monoisotopic (exact) mass is 415 g/mol. The van der Waals surface area contributed by atoms with Gasteiger partial charge in [0.05, 0.1) is 18.1 Å². The van der Waals surface area contributed by atoms with Gasteiger partial charge in [-0.15, -0.1) is 0 Å². The fourth-order valence-electron chi connectivity index (χ4n) is 3.70. The standard InChI is InChI=1S/C21H29N5O4/c1-13(2)17(20(28)30-4)24-21(29)22-14-9-11-26(12-10-14)18-19(27)25(3)16-8-6-5-7-15(16)23-18/h5-8,13-14,17H,9-12H2,1-4H3,(H2,22,24,29)/t17-/m1/s1. The molecule has 1 aliphatic rings. The summed E-state index contributed by atoms with van der Waals surface area (Å²) in [5, 5.41) is 5.61. The number of urea groups is 1. The summed E-state index contributed by atoms with van der Waals surface area (Å²) in [5.74, 6) is -0.113. The zero-order chi connectivity index (χ0) is 21.8. The van der Waals surface area contributed by atoms with E-state index in [1.165, 1.54) is 7.11 Å². The molecule has 0 bridgehead atoms. The fourth-order valence-corrected chi connectivity index (χ4v) is 3.70. The number of carbonyl (C=O) groups excluding carboxylic acids is 2. The summed E-state index contributed by atoms with van der Waals surface area (Å²) in [4.78, 5) is 43.5. The molecule has 1 atom stereocenters. The van der Waals surface area contributed by atoms with Crippen LogP contribution in [0.2, 0.25) is 0 Å². The van der Waals surface area contributed by atoms with Crippen molar-refractivity contribution in [1.29, 1.82) is 0 Å². The zero-order valence-electron chi connectivity index (χ0n) is 17.8. The Labute approximate surface area is 175 Å². The van der Waals surface area contributed by atoms with Crippen LogP contribution < -0.4 is 21.1 Å². The summed E-state index contributed by atoms with van der Waals surface area (Å²) in [6.07, 6.45) is 1.35. The van der Waals surface area contributed by atoms with Crippen LogP contribution in [0.1, 0.15) is 26.7 Å². The highest BCUT2D eigenvalue weighted by molar-refractivity contribution is 5.83. The molecule has 3 rings (SSSR count). The second-order valence-corrected chi connectivity index (χ2v) is 7.91. The van der Waals surface area contributed by atoms with Crippen LogP contribution in [0.3, 0.4) is 0 Å². The van der Waals surface area contributed by atoms with E-state index in [0.717, 1.165) is 11.0 Å². The number of aryl methyl sites for hydroxylation is 1. The molecule has 162 valence electrons. The number of anilines is 1. The Hall–Kier alpha value is -3.10. The molecule has 30 heavy (non-hydrogen) atoms. The molecule has 0 unspecified atom stereocenters. The molecule has 1 saturated heterocycles. The van der Waals surface area contributed by atoms with Gasteiger partial charge in [-0.25, -0.2) is 14.6 Å². The number of carbonyl (C=O) groups is 2. The van der Waals surface area contributed by atoms with Crippen molar-refractivity contribution in [3.05, 3.63) is 34.6 Å². The molecule has 9 nitrogen and oxygen atoms in total. The smallest absolute Gasteiger partial charge is 0.328 e. The van der Waals surface area contributed by atoms with Crippen LogP contribution in [-0.4, -0.2) is 53.8 Å². The number of piperidine rings is 1. The molecule has 1 aliphatic heterocycles. The van der Waals surface area contributed by atoms with Crippen molar-refractivity contribution in [2.75, 3.05) is 25.1 Å². The fraction of sp³-hybridized carbons (Fsp3) is 0.524. The molecule has 2 N–H and O–H groups in total. The summed E-state index contributed by atoms with van der Waals surface area (Å²) in [5.41, 5.74) is 1.44. The minimum absolute atomic E-state index is 0.0454. The third-order valence-electron chi connectivity index (χ3n) is 5.50. The van der Waals surface area contributed by atoms with E-state index in [9.17, 15) is 14.4 Å². The van der Waals surface area contributed by atoms with Gasteiger partial charge in [-0.2, -0.15) is 0 Å². The Bertz CT molecular complexity index is 979. The number of fused-ring (bicyclic) bond motifs is 1. The van der Waals surface area contributed by atoms with Crippen molar-refractivity contribution in [3.63, 3.8) is 0 Å². The number of amides is 2. The highest BCUT2D eigenvalue weighted by Gasteiger charge is 2.28. The Morgan fingerprint density at radius 2 is 1.87 bits per heavy atom. The molecular formula is C21H29N5O4. The van der Waals surface area contributed by atoms with Gasteiger partial charge in [0.15, 0.2) is 5.82 Å². The number of ether oxygens (including phenoxy) is 1. The predicted octanol–water partition coefficient (Wildman–Crippen LogP) is 1.40. The summed E-state index contributed by atoms with van der Waals surface area (Å²) in [6.45, 7) is 4.90. The molecule has 9 heteroatoms. The van der Waals surface area contributed by atoms with E-state index in [0.29, 0.717) is 31.7 Å². The molecule has 0 aliphatic carbocycles. The molecule has 1 aromatic heterocycles. The Kier molecular flexibility index (Phi) is 6.59. The lowest BCUT2D eigenvalue weighted by Gasteiger charge is -2.33. The van der Waals surface area contributed by atoms with Gasteiger partial charge in [-0.05, 0) is 30.9 Å². The predicted molar refractivity (Wildman–Crippen MR) is 115 cm³/mol. The lowest BCUT2D eigenvalue weighted by Crippen LogP contribution is -2.53. The number of rotatable bonds is 5. The highest BCUT2D eigenvalue weighted by atomic mass is 16.5. The molecule has 1 aromatic carbocycles. The molecule has 0 saturated carbocycles. The van der Waals surface area contributed by atoms with E-state index in [2.05, 4.69) is 15.6 Å². The first-order chi connectivity index (χ1) is 14.3. The SMILES string of the molecule is COC(=O)[C@H](NC(=O)NC1CCN(c2nc3ccccc3n(C)c2=O)CC1)C(C)C. The van der Waals surface area contributed by atoms with E-state index in [-0.39, 0.29) is 17.5 Å². The van der Waals surface area contributed by atoms with Crippen molar-refractivity contribution in [3.8, 4) is 0 Å². The second-order valence-electron chi connectivity index (χ2n) is 7.91. The van der Waals surface area contributed by atoms with Gasteiger partial charge < -0.3 is 24.8 Å². The van der Waals surface area contributed by atoms with Gasteiger partial charge in [-0.3, -0.25) is 4.79 Å². The topological polar surface area (TPSA) is 106 Å². The molecular weight excluding hydrogens is 386 g/mol. The molecule has 0 radical (unpaired) electrons. The first-order valence-corrected chi connectivity index (χ1v) is 10.2. The molecule has 0 spiro atoms. The van der Waals surface area contributed by atoms with Gasteiger partial charge in [-0.1, -0.05) is 26.0 Å². The first kappa shape index (κ1) is 21.6. The van der Waals surface area contributed by atoms with Crippen molar-refractivity contribution >= 4 is 28.9 Å². The van der Waals surface area contributed by atoms with Gasteiger partial charge in [0, 0.05) is 26.2 Å². The Morgan fingerprint density at radius 1 is 1.20 bits per heavy atom. The Morgan fingerprint density at radius 3 is 2.50 bits per heavy atom. The molecule has 1 fully saturated rings. The zero-order valence-corrected chi connectivity index (χ0v) is 17.8. The third-order valence-corrected chi connectivity index (χ3v) is 5.50. The van der Waals surface area contributed by atoms with Gasteiger partial charge in [0.1, 0.15) is 6.04 Å². The minimum Gasteiger partial charge on any atom is -0.467 e. The van der Waals surface area contributed by atoms with Crippen LogP contribution in [0, 0.1) is 5.92 Å². The second kappa shape index (κ2) is 9.15. The number of esters is 1. The molecule has 2 amide bonds. The maximum absolute atomic E-state index is 12.8. The summed E-state index contributed by atoms with van der Waals surface area (Å²) >= 11 is 0. The van der Waals surface area contributed by atoms with E-state index < -0.39 is 18.0 Å². The maximum atomic E-state index is 12.8. The van der Waals surface area contributed by atoms with E-state index in [1.807, 2.05) is 43.0 Å². The van der Waals surface area contributed by atoms with Crippen molar-refractivity contribution < 1.29 is 14.3 Å². The molecule has 2 heterocycles. The van der Waals surface area contributed by atoms with Gasteiger partial charge in [0.2, 0.25) is 0 Å². The number of methoxy groups -OCH3 is 1. The quantitative estimate of drug-likeness (QED) is 0.715. The first-order valence-electron chi connectivity index (χ1n) is 10.2. The van der Waals surface area contributed by atoms with Crippen molar-refractivity contribution in [2.24, 2.45) is 13.0 Å². The number of hydrogen-bond donors (Lipinski definition) is 2. The number of hydrogen-bond acceptors (Lipinski definition) is 6. The summed E-state index contributed by atoms with van der Waals surface area (Å²) < 4.78 is 6.37. The van der Waals surface area contributed by atoms with E-state index in [4.69, 9.17) is 4.74 Å². The lowest BCUT2D eigenvalue weighted by atomic mass is 10.0. The van der Waals surface area contributed by atoms with Crippen LogP contribution in [0.4, 0.5) is 10.6 Å². The summed E-state index contributed by atoms with van der Waals surface area (Å²) in [6, 6.07) is 6.42. The van der Waals surface area contributed by atoms with Crippen molar-refractivity contribution in [1.82, 2.24) is 20.2 Å². The number of nitrogens with zero attached hydrogens (tertiary/aromatic N) is 3. The minimum atomic E-state index is -0.695. The van der Waals surface area contributed by atoms with Crippen LogP contribution in [0.15, 0.2) is 29.1 Å². The number of benzene rings is 1. The largest absolute Gasteiger partial charge is 0.467 e. The third kappa shape index (κ3) is 4.55. The van der Waals surface area contributed by atoms with E-state index in [1.54, 1.807) is 11.6 Å². The van der Waals surface area contributed by atoms with Crippen LogP contribution in [0.5, 0.6) is 0 Å². The van der Waals surface area contributed by atoms with E-state index >= 15 is 0 Å². The highest BCUT2D eigenvalue weighted by Crippen LogP contribution is 2.18. The lowest BCUT2D eigenvalue weighted by molar-refractivity contribution is -0.144. The normalized spacial score (nSPS) is 15.8.